The number of hydrogen-bond donors (Lipinski definition) is 2. The Morgan fingerprint density at radius 1 is 1.73 bits per heavy atom. The summed E-state index contributed by atoms with van der Waals surface area (Å²) in [6.45, 7) is 0. The van der Waals surface area contributed by atoms with E-state index < -0.39 is 6.09 Å². The Hall–Kier alpha value is -1.32. The highest BCUT2D eigenvalue weighted by Gasteiger charge is 2.00. The first-order chi connectivity index (χ1) is 5.29. The van der Waals surface area contributed by atoms with Gasteiger partial charge >= 0.3 is 6.09 Å². The molecule has 0 aliphatic heterocycles. The highest BCUT2D eigenvalue weighted by atomic mass is 16.4. The van der Waals surface area contributed by atoms with Gasteiger partial charge in [0.05, 0.1) is 5.71 Å². The second-order valence-electron chi connectivity index (χ2n) is 2.31. The van der Waals surface area contributed by atoms with Crippen molar-refractivity contribution in [3.8, 4) is 0 Å². The van der Waals surface area contributed by atoms with E-state index in [2.05, 4.69) is 5.10 Å². The van der Waals surface area contributed by atoms with Crippen LogP contribution in [0.1, 0.15) is 19.3 Å². The summed E-state index contributed by atoms with van der Waals surface area (Å²) in [5.41, 5.74) is 2.77. The van der Waals surface area contributed by atoms with Crippen LogP contribution in [-0.2, 0) is 0 Å². The van der Waals surface area contributed by atoms with Crippen LogP contribution in [0.25, 0.3) is 0 Å². The van der Waals surface area contributed by atoms with Crippen LogP contribution in [0.5, 0.6) is 0 Å². The minimum Gasteiger partial charge on any atom is -0.464 e. The molecular formula is C7H10N2O2. The number of nitrogens with zero attached hydrogens (tertiary/aromatic N) is 1. The van der Waals surface area contributed by atoms with Gasteiger partial charge in [0.1, 0.15) is 0 Å². The smallest absolute Gasteiger partial charge is 0.425 e. The van der Waals surface area contributed by atoms with Gasteiger partial charge in [-0.25, -0.2) is 10.2 Å². The Labute approximate surface area is 64.6 Å². The molecule has 0 radical (unpaired) electrons. The van der Waals surface area contributed by atoms with Crippen molar-refractivity contribution < 1.29 is 9.90 Å². The van der Waals surface area contributed by atoms with Gasteiger partial charge in [-0.05, 0) is 25.3 Å². The number of amides is 1. The first kappa shape index (κ1) is 7.78. The molecular weight excluding hydrogens is 144 g/mol. The summed E-state index contributed by atoms with van der Waals surface area (Å²) in [5, 5.41) is 11.9. The molecule has 1 aliphatic carbocycles. The molecule has 11 heavy (non-hydrogen) atoms. The molecule has 0 bridgehead atoms. The van der Waals surface area contributed by atoms with Gasteiger partial charge < -0.3 is 5.11 Å². The van der Waals surface area contributed by atoms with Gasteiger partial charge in [-0.3, -0.25) is 0 Å². The van der Waals surface area contributed by atoms with Crippen LogP contribution in [0.4, 0.5) is 4.79 Å². The third kappa shape index (κ3) is 2.84. The minimum absolute atomic E-state index is 0.804. The van der Waals surface area contributed by atoms with Crippen LogP contribution >= 0.6 is 0 Å². The molecule has 0 spiro atoms. The van der Waals surface area contributed by atoms with E-state index in [1.165, 1.54) is 0 Å². The largest absolute Gasteiger partial charge is 0.464 e. The van der Waals surface area contributed by atoms with Crippen LogP contribution in [0.3, 0.4) is 0 Å². The van der Waals surface area contributed by atoms with Crippen LogP contribution in [0.2, 0.25) is 0 Å². The van der Waals surface area contributed by atoms with E-state index in [9.17, 15) is 4.79 Å². The third-order valence-electron chi connectivity index (χ3n) is 1.41. The Morgan fingerprint density at radius 3 is 3.09 bits per heavy atom. The zero-order chi connectivity index (χ0) is 8.10. The fourth-order valence-corrected chi connectivity index (χ4v) is 0.917. The van der Waals surface area contributed by atoms with E-state index in [1.54, 1.807) is 0 Å². The quantitative estimate of drug-likeness (QED) is 0.560. The average molecular weight is 154 g/mol. The Kier molecular flexibility index (Phi) is 2.66. The summed E-state index contributed by atoms with van der Waals surface area (Å²) in [6.07, 6.45) is 5.70. The number of carboxylic acid groups (broad SMARTS) is 1. The molecule has 0 aromatic heterocycles. The van der Waals surface area contributed by atoms with Crippen molar-refractivity contribution in [3.63, 3.8) is 0 Å². The van der Waals surface area contributed by atoms with E-state index in [1.807, 2.05) is 17.6 Å². The van der Waals surface area contributed by atoms with Crippen molar-refractivity contribution in [1.29, 1.82) is 0 Å². The predicted octanol–water partition coefficient (Wildman–Crippen LogP) is 1.35. The van der Waals surface area contributed by atoms with Crippen LogP contribution < -0.4 is 5.43 Å². The lowest BCUT2D eigenvalue weighted by Crippen LogP contribution is -2.16. The number of hydrazone groups is 1. The summed E-state index contributed by atoms with van der Waals surface area (Å²) in [7, 11) is 0. The van der Waals surface area contributed by atoms with Gasteiger partial charge in [-0.2, -0.15) is 5.10 Å². The highest BCUT2D eigenvalue weighted by molar-refractivity contribution is 5.95. The molecule has 1 aliphatic rings. The minimum atomic E-state index is -1.11. The van der Waals surface area contributed by atoms with Gasteiger partial charge in [0.2, 0.25) is 0 Å². The highest BCUT2D eigenvalue weighted by Crippen LogP contribution is 2.06. The lowest BCUT2D eigenvalue weighted by molar-refractivity contribution is 0.195. The lowest BCUT2D eigenvalue weighted by Gasteiger charge is -2.04. The topological polar surface area (TPSA) is 61.7 Å². The SMILES string of the molecule is O=C(O)NN=C1C=CCCC1. The predicted molar refractivity (Wildman–Crippen MR) is 41.6 cm³/mol. The molecule has 0 heterocycles. The first-order valence-corrected chi connectivity index (χ1v) is 3.51. The second kappa shape index (κ2) is 3.75. The summed E-state index contributed by atoms with van der Waals surface area (Å²) < 4.78 is 0. The molecule has 4 heteroatoms. The van der Waals surface area contributed by atoms with Crippen molar-refractivity contribution in [2.24, 2.45) is 5.10 Å². The Bertz CT molecular complexity index is 208. The molecule has 0 aromatic rings. The molecule has 0 saturated heterocycles. The van der Waals surface area contributed by atoms with Crippen molar-refractivity contribution in [3.05, 3.63) is 12.2 Å². The molecule has 0 fully saturated rings. The van der Waals surface area contributed by atoms with Gasteiger partial charge in [0, 0.05) is 0 Å². The third-order valence-corrected chi connectivity index (χ3v) is 1.41. The molecule has 0 saturated carbocycles. The van der Waals surface area contributed by atoms with Gasteiger partial charge in [-0.1, -0.05) is 6.08 Å². The summed E-state index contributed by atoms with van der Waals surface area (Å²) in [5.74, 6) is 0. The molecule has 1 rings (SSSR count). The van der Waals surface area contributed by atoms with Crippen molar-refractivity contribution in [1.82, 2.24) is 5.43 Å². The van der Waals surface area contributed by atoms with E-state index in [4.69, 9.17) is 5.11 Å². The van der Waals surface area contributed by atoms with Gasteiger partial charge in [0.15, 0.2) is 0 Å². The van der Waals surface area contributed by atoms with E-state index in [0.29, 0.717) is 0 Å². The first-order valence-electron chi connectivity index (χ1n) is 3.51. The molecule has 4 nitrogen and oxygen atoms in total. The van der Waals surface area contributed by atoms with Crippen LogP contribution in [0.15, 0.2) is 17.3 Å². The Morgan fingerprint density at radius 2 is 2.55 bits per heavy atom. The van der Waals surface area contributed by atoms with E-state index >= 15 is 0 Å². The number of rotatable bonds is 1. The standard InChI is InChI=1S/C7H10N2O2/c10-7(11)9-8-6-4-2-1-3-5-6/h2,4,9H,1,3,5H2,(H,10,11). The fraction of sp³-hybridized carbons (Fsp3) is 0.429. The molecule has 1 amide bonds. The van der Waals surface area contributed by atoms with Crippen molar-refractivity contribution in [2.45, 2.75) is 19.3 Å². The summed E-state index contributed by atoms with van der Waals surface area (Å²) in [6, 6.07) is 0. The molecule has 0 aromatic carbocycles. The number of carbonyl (C=O) groups is 1. The van der Waals surface area contributed by atoms with Gasteiger partial charge in [0.25, 0.3) is 0 Å². The van der Waals surface area contributed by atoms with Gasteiger partial charge in [-0.15, -0.1) is 0 Å². The summed E-state index contributed by atoms with van der Waals surface area (Å²) in [4.78, 5) is 10.00. The van der Waals surface area contributed by atoms with Crippen molar-refractivity contribution in [2.75, 3.05) is 0 Å². The molecule has 60 valence electrons. The molecule has 2 N–H and O–H groups in total. The summed E-state index contributed by atoms with van der Waals surface area (Å²) >= 11 is 0. The zero-order valence-electron chi connectivity index (χ0n) is 6.08. The fourth-order valence-electron chi connectivity index (χ4n) is 0.917. The van der Waals surface area contributed by atoms with E-state index in [0.717, 1.165) is 25.0 Å². The average Bonchev–Trinajstić information content (AvgIpc) is 2.03. The van der Waals surface area contributed by atoms with Crippen LogP contribution in [-0.4, -0.2) is 16.9 Å². The molecule has 0 atom stereocenters. The monoisotopic (exact) mass is 154 g/mol. The maximum absolute atomic E-state index is 10.00. The van der Waals surface area contributed by atoms with Crippen molar-refractivity contribution >= 4 is 11.8 Å². The maximum Gasteiger partial charge on any atom is 0.425 e. The zero-order valence-corrected chi connectivity index (χ0v) is 6.08. The maximum atomic E-state index is 10.00. The van der Waals surface area contributed by atoms with E-state index in [-0.39, 0.29) is 0 Å². The Balaban J connectivity index is 2.44. The number of hydrogen-bond acceptors (Lipinski definition) is 2. The van der Waals surface area contributed by atoms with Crippen LogP contribution in [0, 0.1) is 0 Å². The normalized spacial score (nSPS) is 20.2. The number of nitrogens with one attached hydrogen (secondary N) is 1. The molecule has 0 unspecified atom stereocenters. The second-order valence-corrected chi connectivity index (χ2v) is 2.31. The lowest BCUT2D eigenvalue weighted by atomic mass is 10.1. The number of allylic oxidation sites excluding steroid dienone is 2.